The zero-order valence-electron chi connectivity index (χ0n) is 22.3. The number of halogens is 1. The number of hydrogen-bond acceptors (Lipinski definition) is 8. The molecule has 0 spiro atoms. The second-order valence-corrected chi connectivity index (χ2v) is 12.1. The van der Waals surface area contributed by atoms with Crippen LogP contribution in [0.25, 0.3) is 0 Å². The molecule has 1 atom stereocenters. The van der Waals surface area contributed by atoms with Crippen molar-refractivity contribution in [3.05, 3.63) is 69.7 Å². The van der Waals surface area contributed by atoms with Crippen LogP contribution in [0.4, 0.5) is 21.6 Å². The predicted molar refractivity (Wildman–Crippen MR) is 148 cm³/mol. The van der Waals surface area contributed by atoms with Gasteiger partial charge in [0.1, 0.15) is 23.1 Å². The number of methoxy groups -OCH3 is 1. The number of amidine groups is 1. The number of nitro groups is 1. The fourth-order valence-electron chi connectivity index (χ4n) is 5.03. The van der Waals surface area contributed by atoms with Crippen molar-refractivity contribution >= 4 is 35.7 Å². The number of rotatable bonds is 7. The first-order chi connectivity index (χ1) is 19.3. The van der Waals surface area contributed by atoms with Crippen LogP contribution in [0.1, 0.15) is 17.7 Å². The summed E-state index contributed by atoms with van der Waals surface area (Å²) in [7, 11) is 0.192. The summed E-state index contributed by atoms with van der Waals surface area (Å²) >= 11 is 0. The van der Waals surface area contributed by atoms with Gasteiger partial charge in [-0.3, -0.25) is 10.1 Å². The molecule has 0 bridgehead atoms. The number of morpholine rings is 1. The molecule has 0 radical (unpaired) electrons. The Balaban J connectivity index is 1.90. The lowest BCUT2D eigenvalue weighted by molar-refractivity contribution is -0.384. The number of nitrogens with zero attached hydrogens (tertiary/aromatic N) is 8. The highest BCUT2D eigenvalue weighted by Gasteiger charge is 2.46. The van der Waals surface area contributed by atoms with Crippen LogP contribution in [-0.4, -0.2) is 70.3 Å². The van der Waals surface area contributed by atoms with Gasteiger partial charge in [-0.1, -0.05) is 12.1 Å². The van der Waals surface area contributed by atoms with E-state index in [2.05, 4.69) is 10.7 Å². The first-order valence-corrected chi connectivity index (χ1v) is 14.3. The van der Waals surface area contributed by atoms with Gasteiger partial charge in [0, 0.05) is 32.3 Å². The van der Waals surface area contributed by atoms with Gasteiger partial charge >= 0.3 is 0 Å². The molecule has 12 nitrogen and oxygen atoms in total. The molecule has 0 aliphatic carbocycles. The van der Waals surface area contributed by atoms with Gasteiger partial charge in [-0.25, -0.2) is 23.5 Å². The van der Waals surface area contributed by atoms with Crippen LogP contribution in [0, 0.1) is 34.2 Å². The molecule has 5 rings (SSSR count). The molecule has 1 fully saturated rings. The average Bonchev–Trinajstić information content (AvgIpc) is 3.29. The summed E-state index contributed by atoms with van der Waals surface area (Å²) in [6.07, 6.45) is 0.201. The molecule has 0 saturated carbocycles. The molecule has 1 saturated heterocycles. The molecule has 2 aliphatic heterocycles. The molecular formula is C26H28FN8O4P. The number of nitriles is 1. The number of hydrogen-bond donors (Lipinski definition) is 0. The molecule has 2 aromatic carbocycles. The van der Waals surface area contributed by atoms with E-state index in [9.17, 15) is 15.4 Å². The fraction of sp³-hybridized carbons (Fsp3) is 0.346. The highest BCUT2D eigenvalue weighted by Crippen LogP contribution is 2.62. The van der Waals surface area contributed by atoms with Crippen LogP contribution in [0.3, 0.4) is 0 Å². The third-order valence-electron chi connectivity index (χ3n) is 6.86. The Morgan fingerprint density at radius 1 is 1.27 bits per heavy atom. The molecule has 3 aromatic rings. The van der Waals surface area contributed by atoms with E-state index in [1.165, 1.54) is 31.4 Å². The van der Waals surface area contributed by atoms with Crippen molar-refractivity contribution in [3.8, 4) is 11.8 Å². The Bertz CT molecular complexity index is 1590. The van der Waals surface area contributed by atoms with E-state index < -0.39 is 18.1 Å². The van der Waals surface area contributed by atoms with Gasteiger partial charge in [0.05, 0.1) is 60.8 Å². The number of benzene rings is 2. The SMILES string of the molecule is COc1ccc([N+](=O)[O-])cc1N=[P@]1(N2CCOCC2)c2c(C)nn(CCC#N)c2N=C(c2ccccc2F)N1C. The molecule has 3 heterocycles. The van der Waals surface area contributed by atoms with Crippen LogP contribution in [0.2, 0.25) is 0 Å². The van der Waals surface area contributed by atoms with Gasteiger partial charge < -0.3 is 14.1 Å². The third-order valence-corrected chi connectivity index (χ3v) is 10.7. The standard InChI is InChI=1S/C26H28FN8O4P/c1-18-24-26(34(30-18)12-6-11-28)29-25(20-7-4-5-8-21(20)27)32(2)40(24,33-13-15-39-16-14-33)31-22-17-19(35(36)37)9-10-23(22)38-3/h4-5,7-10,17H,6,12-16H2,1-3H3/t40-/m1/s1. The Morgan fingerprint density at radius 3 is 2.70 bits per heavy atom. The summed E-state index contributed by atoms with van der Waals surface area (Å²) in [6, 6.07) is 12.8. The zero-order valence-corrected chi connectivity index (χ0v) is 23.2. The monoisotopic (exact) mass is 566 g/mol. The van der Waals surface area contributed by atoms with Crippen molar-refractivity contribution < 1.29 is 18.8 Å². The van der Waals surface area contributed by atoms with Crippen molar-refractivity contribution in [1.29, 1.82) is 5.26 Å². The first kappa shape index (κ1) is 27.5. The first-order valence-electron chi connectivity index (χ1n) is 12.6. The summed E-state index contributed by atoms with van der Waals surface area (Å²) in [5.74, 6) is 0.732. The number of nitro benzene ring substituents is 1. The molecular weight excluding hydrogens is 538 g/mol. The molecule has 2 aliphatic rings. The minimum Gasteiger partial charge on any atom is -0.494 e. The van der Waals surface area contributed by atoms with E-state index in [1.54, 1.807) is 22.9 Å². The summed E-state index contributed by atoms with van der Waals surface area (Å²) < 4.78 is 37.6. The largest absolute Gasteiger partial charge is 0.494 e. The van der Waals surface area contributed by atoms with Crippen molar-refractivity contribution in [1.82, 2.24) is 19.1 Å². The number of aromatic nitrogens is 2. The second kappa shape index (κ2) is 11.2. The van der Waals surface area contributed by atoms with E-state index in [0.717, 1.165) is 5.30 Å². The summed E-state index contributed by atoms with van der Waals surface area (Å²) in [5.41, 5.74) is 1.08. The van der Waals surface area contributed by atoms with Crippen molar-refractivity contribution in [2.45, 2.75) is 19.9 Å². The van der Waals surface area contributed by atoms with Gasteiger partial charge in [-0.05, 0) is 25.1 Å². The van der Waals surface area contributed by atoms with E-state index >= 15 is 4.39 Å². The van der Waals surface area contributed by atoms with Gasteiger partial charge in [0.2, 0.25) is 0 Å². The van der Waals surface area contributed by atoms with E-state index in [1.807, 2.05) is 18.6 Å². The predicted octanol–water partition coefficient (Wildman–Crippen LogP) is 4.51. The van der Waals surface area contributed by atoms with Crippen LogP contribution in [0.15, 0.2) is 52.2 Å². The van der Waals surface area contributed by atoms with Gasteiger partial charge in [0.15, 0.2) is 13.2 Å². The Hall–Kier alpha value is -4.11. The molecule has 0 amide bonds. The number of aryl methyl sites for hydroxylation is 2. The highest BCUT2D eigenvalue weighted by molar-refractivity contribution is 7.70. The smallest absolute Gasteiger partial charge is 0.271 e. The molecule has 40 heavy (non-hydrogen) atoms. The van der Waals surface area contributed by atoms with Gasteiger partial charge in [-0.2, -0.15) is 10.4 Å². The summed E-state index contributed by atoms with van der Waals surface area (Å²) in [6.45, 7) is 4.04. The zero-order chi connectivity index (χ0) is 28.4. The molecule has 1 aromatic heterocycles. The van der Waals surface area contributed by atoms with Crippen molar-refractivity contribution in [2.75, 3.05) is 40.5 Å². The quantitative estimate of drug-likeness (QED) is 0.232. The lowest BCUT2D eigenvalue weighted by Crippen LogP contribution is -2.45. The normalized spacial score (nSPS) is 19.0. The molecule has 0 N–H and O–H groups in total. The van der Waals surface area contributed by atoms with E-state index in [-0.39, 0.29) is 29.9 Å². The molecule has 208 valence electrons. The molecule has 14 heteroatoms. The fourth-order valence-corrected chi connectivity index (χ4v) is 8.86. The van der Waals surface area contributed by atoms with Crippen LogP contribution in [-0.2, 0) is 11.3 Å². The minimum atomic E-state index is -3.10. The Morgan fingerprint density at radius 2 is 2.02 bits per heavy atom. The van der Waals surface area contributed by atoms with E-state index in [0.29, 0.717) is 49.4 Å². The third kappa shape index (κ3) is 4.64. The maximum Gasteiger partial charge on any atom is 0.271 e. The average molecular weight is 567 g/mol. The number of fused-ring (bicyclic) bond motifs is 1. The topological polar surface area (TPSA) is 134 Å². The Kier molecular flexibility index (Phi) is 7.67. The number of non-ortho nitro benzene ring substituents is 1. The summed E-state index contributed by atoms with van der Waals surface area (Å²) in [4.78, 5) is 16.2. The maximum absolute atomic E-state index is 15.3. The minimum absolute atomic E-state index is 0.135. The highest BCUT2D eigenvalue weighted by atomic mass is 31.2. The summed E-state index contributed by atoms with van der Waals surface area (Å²) in [5, 5.41) is 26.5. The lowest BCUT2D eigenvalue weighted by Gasteiger charge is -2.46. The van der Waals surface area contributed by atoms with Crippen molar-refractivity contribution in [2.24, 2.45) is 9.74 Å². The second-order valence-electron chi connectivity index (χ2n) is 9.18. The van der Waals surface area contributed by atoms with Crippen LogP contribution < -0.4 is 10.0 Å². The van der Waals surface area contributed by atoms with Gasteiger partial charge in [-0.15, -0.1) is 0 Å². The number of aliphatic imine (C=N–C) groups is 1. The van der Waals surface area contributed by atoms with Crippen LogP contribution >= 0.6 is 7.36 Å². The number of ether oxygens (including phenoxy) is 2. The lowest BCUT2D eigenvalue weighted by atomic mass is 10.2. The Labute approximate surface area is 230 Å². The van der Waals surface area contributed by atoms with Crippen LogP contribution in [0.5, 0.6) is 5.75 Å². The van der Waals surface area contributed by atoms with Crippen molar-refractivity contribution in [3.63, 3.8) is 0 Å². The van der Waals surface area contributed by atoms with Gasteiger partial charge in [0.25, 0.3) is 5.69 Å². The van der Waals surface area contributed by atoms with E-state index in [4.69, 9.17) is 24.3 Å². The maximum atomic E-state index is 15.3. The molecule has 0 unspecified atom stereocenters.